The first-order valence-corrected chi connectivity index (χ1v) is 6.89. The number of nitrogens with zero attached hydrogens (tertiary/aromatic N) is 1. The third kappa shape index (κ3) is 2.98. The highest BCUT2D eigenvalue weighted by molar-refractivity contribution is 6.01. The molecule has 0 atom stereocenters. The van der Waals surface area contributed by atoms with Crippen LogP contribution in [0.5, 0.6) is 0 Å². The van der Waals surface area contributed by atoms with E-state index in [2.05, 4.69) is 15.8 Å². The summed E-state index contributed by atoms with van der Waals surface area (Å²) in [5.41, 5.74) is 3.15. The van der Waals surface area contributed by atoms with Gasteiger partial charge in [-0.3, -0.25) is 5.32 Å². The van der Waals surface area contributed by atoms with Crippen molar-refractivity contribution in [3.63, 3.8) is 0 Å². The summed E-state index contributed by atoms with van der Waals surface area (Å²) in [6.07, 6.45) is 0. The molecule has 3 aromatic rings. The molecule has 0 bridgehead atoms. The van der Waals surface area contributed by atoms with E-state index in [0.717, 1.165) is 16.8 Å². The Morgan fingerprint density at radius 1 is 0.955 bits per heavy atom. The number of hydrogen-bond donors (Lipinski definition) is 2. The van der Waals surface area contributed by atoms with Gasteiger partial charge >= 0.3 is 6.03 Å². The van der Waals surface area contributed by atoms with Gasteiger partial charge in [-0.05, 0) is 24.6 Å². The van der Waals surface area contributed by atoms with Crippen molar-refractivity contribution in [1.82, 2.24) is 5.16 Å². The molecular formula is C17H15N3O2. The Balaban J connectivity index is 1.80. The fraction of sp³-hybridized carbons (Fsp3) is 0.0588. The summed E-state index contributed by atoms with van der Waals surface area (Å²) in [5.74, 6) is 0.331. The van der Waals surface area contributed by atoms with Crippen LogP contribution in [-0.4, -0.2) is 11.2 Å². The average Bonchev–Trinajstić information content (AvgIpc) is 2.89. The normalized spacial score (nSPS) is 10.2. The first-order valence-electron chi connectivity index (χ1n) is 6.89. The summed E-state index contributed by atoms with van der Waals surface area (Å²) in [6.45, 7) is 1.84. The maximum atomic E-state index is 12.1. The lowest BCUT2D eigenvalue weighted by Gasteiger charge is -2.07. The second kappa shape index (κ2) is 6.13. The van der Waals surface area contributed by atoms with Crippen LogP contribution < -0.4 is 10.6 Å². The number of para-hydroxylation sites is 1. The smallest absolute Gasteiger partial charge is 0.326 e. The number of aromatic nitrogens is 1. The quantitative estimate of drug-likeness (QED) is 0.756. The second-order valence-corrected chi connectivity index (χ2v) is 4.78. The van der Waals surface area contributed by atoms with Gasteiger partial charge < -0.3 is 9.84 Å². The van der Waals surface area contributed by atoms with Gasteiger partial charge in [-0.2, -0.15) is 0 Å². The van der Waals surface area contributed by atoms with Gasteiger partial charge in [0.05, 0.1) is 11.3 Å². The molecule has 0 saturated carbocycles. The van der Waals surface area contributed by atoms with Crippen molar-refractivity contribution in [1.29, 1.82) is 0 Å². The molecule has 1 aromatic heterocycles. The molecule has 3 rings (SSSR count). The van der Waals surface area contributed by atoms with Gasteiger partial charge in [-0.1, -0.05) is 53.7 Å². The van der Waals surface area contributed by atoms with E-state index >= 15 is 0 Å². The number of carbonyl (C=O) groups excluding carboxylic acids is 1. The lowest BCUT2D eigenvalue weighted by atomic mass is 10.1. The van der Waals surface area contributed by atoms with Gasteiger partial charge in [0, 0.05) is 5.69 Å². The van der Waals surface area contributed by atoms with Crippen molar-refractivity contribution >= 4 is 17.6 Å². The van der Waals surface area contributed by atoms with E-state index in [1.165, 1.54) is 0 Å². The van der Waals surface area contributed by atoms with Crippen LogP contribution in [0.1, 0.15) is 5.69 Å². The van der Waals surface area contributed by atoms with E-state index in [1.807, 2.05) is 67.6 Å². The number of aryl methyl sites for hydroxylation is 1. The maximum absolute atomic E-state index is 12.1. The Labute approximate surface area is 128 Å². The molecule has 5 nitrogen and oxygen atoms in total. The van der Waals surface area contributed by atoms with Gasteiger partial charge in [0.1, 0.15) is 0 Å². The zero-order valence-corrected chi connectivity index (χ0v) is 12.0. The summed E-state index contributed by atoms with van der Waals surface area (Å²) in [5, 5.41) is 9.38. The first kappa shape index (κ1) is 13.9. The van der Waals surface area contributed by atoms with Gasteiger partial charge in [-0.15, -0.1) is 0 Å². The molecule has 0 aliphatic heterocycles. The summed E-state index contributed by atoms with van der Waals surface area (Å²) in [7, 11) is 0. The standard InChI is InChI=1S/C17H15N3O2/c1-12-15(13-8-4-2-5-9-13)16(22-20-12)19-17(21)18-14-10-6-3-7-11-14/h2-11H,1H3,(H2,18,19,21). The highest BCUT2D eigenvalue weighted by Gasteiger charge is 2.17. The second-order valence-electron chi connectivity index (χ2n) is 4.78. The molecule has 110 valence electrons. The van der Waals surface area contributed by atoms with Crippen LogP contribution >= 0.6 is 0 Å². The van der Waals surface area contributed by atoms with Crippen molar-refractivity contribution in [3.05, 3.63) is 66.4 Å². The Kier molecular flexibility index (Phi) is 3.87. The molecule has 2 N–H and O–H groups in total. The lowest BCUT2D eigenvalue weighted by Crippen LogP contribution is -2.19. The molecule has 0 spiro atoms. The van der Waals surface area contributed by atoms with Gasteiger partial charge in [0.2, 0.25) is 5.88 Å². The van der Waals surface area contributed by atoms with E-state index in [4.69, 9.17) is 4.52 Å². The van der Waals surface area contributed by atoms with Crippen LogP contribution in [0, 0.1) is 6.92 Å². The van der Waals surface area contributed by atoms with Gasteiger partial charge in [-0.25, -0.2) is 4.79 Å². The molecule has 0 aliphatic carbocycles. The van der Waals surface area contributed by atoms with E-state index in [0.29, 0.717) is 11.6 Å². The number of anilines is 2. The van der Waals surface area contributed by atoms with Crippen LogP contribution in [0.4, 0.5) is 16.4 Å². The minimum atomic E-state index is -0.375. The molecule has 0 unspecified atom stereocenters. The third-order valence-corrected chi connectivity index (χ3v) is 3.18. The number of hydrogen-bond acceptors (Lipinski definition) is 3. The summed E-state index contributed by atoms with van der Waals surface area (Å²) in [6, 6.07) is 18.5. The van der Waals surface area contributed by atoms with Gasteiger partial charge in [0.25, 0.3) is 0 Å². The Bertz CT molecular complexity index is 767. The molecule has 0 aliphatic rings. The van der Waals surface area contributed by atoms with Gasteiger partial charge in [0.15, 0.2) is 0 Å². The van der Waals surface area contributed by atoms with Crippen LogP contribution in [0.2, 0.25) is 0 Å². The van der Waals surface area contributed by atoms with Crippen LogP contribution in [-0.2, 0) is 0 Å². The van der Waals surface area contributed by atoms with E-state index in [-0.39, 0.29) is 6.03 Å². The molecule has 2 aromatic carbocycles. The SMILES string of the molecule is Cc1noc(NC(=O)Nc2ccccc2)c1-c1ccccc1. The summed E-state index contributed by atoms with van der Waals surface area (Å²) in [4.78, 5) is 12.1. The van der Waals surface area contributed by atoms with Crippen LogP contribution in [0.15, 0.2) is 65.2 Å². The summed E-state index contributed by atoms with van der Waals surface area (Å²) < 4.78 is 5.24. The van der Waals surface area contributed by atoms with Crippen molar-refractivity contribution in [2.24, 2.45) is 0 Å². The number of urea groups is 1. The predicted molar refractivity (Wildman–Crippen MR) is 85.8 cm³/mol. The molecule has 2 amide bonds. The largest absolute Gasteiger partial charge is 0.337 e. The fourth-order valence-corrected chi connectivity index (χ4v) is 2.19. The van der Waals surface area contributed by atoms with Crippen molar-refractivity contribution in [2.45, 2.75) is 6.92 Å². The number of amides is 2. The molecule has 22 heavy (non-hydrogen) atoms. The minimum Gasteiger partial charge on any atom is -0.337 e. The number of carbonyl (C=O) groups is 1. The molecular weight excluding hydrogens is 278 g/mol. The molecule has 0 saturated heterocycles. The van der Waals surface area contributed by atoms with E-state index in [1.54, 1.807) is 0 Å². The highest BCUT2D eigenvalue weighted by Crippen LogP contribution is 2.31. The first-order chi connectivity index (χ1) is 10.7. The topological polar surface area (TPSA) is 67.2 Å². The number of rotatable bonds is 3. The zero-order chi connectivity index (χ0) is 15.4. The molecule has 0 fully saturated rings. The average molecular weight is 293 g/mol. The highest BCUT2D eigenvalue weighted by atomic mass is 16.5. The van der Waals surface area contributed by atoms with Crippen molar-refractivity contribution in [2.75, 3.05) is 10.6 Å². The summed E-state index contributed by atoms with van der Waals surface area (Å²) >= 11 is 0. The Hall–Kier alpha value is -3.08. The molecule has 5 heteroatoms. The van der Waals surface area contributed by atoms with E-state index in [9.17, 15) is 4.79 Å². The maximum Gasteiger partial charge on any atom is 0.326 e. The third-order valence-electron chi connectivity index (χ3n) is 3.18. The number of benzene rings is 2. The van der Waals surface area contributed by atoms with E-state index < -0.39 is 0 Å². The number of nitrogens with one attached hydrogen (secondary N) is 2. The lowest BCUT2D eigenvalue weighted by molar-refractivity contribution is 0.261. The Morgan fingerprint density at radius 3 is 2.27 bits per heavy atom. The van der Waals surface area contributed by atoms with Crippen LogP contribution in [0.25, 0.3) is 11.1 Å². The molecule has 0 radical (unpaired) electrons. The minimum absolute atomic E-state index is 0.331. The van der Waals surface area contributed by atoms with Crippen molar-refractivity contribution < 1.29 is 9.32 Å². The predicted octanol–water partition coefficient (Wildman–Crippen LogP) is 4.29. The fourth-order valence-electron chi connectivity index (χ4n) is 2.19. The van der Waals surface area contributed by atoms with Crippen molar-refractivity contribution in [3.8, 4) is 11.1 Å². The zero-order valence-electron chi connectivity index (χ0n) is 12.0. The monoisotopic (exact) mass is 293 g/mol. The molecule has 1 heterocycles. The Morgan fingerprint density at radius 2 is 1.59 bits per heavy atom. The van der Waals surface area contributed by atoms with Crippen LogP contribution in [0.3, 0.4) is 0 Å².